The number of amides is 1. The minimum Gasteiger partial charge on any atom is -1.00 e. The second-order valence-electron chi connectivity index (χ2n) is 15.7. The summed E-state index contributed by atoms with van der Waals surface area (Å²) in [7, 11) is 5.35. The first-order valence-corrected chi connectivity index (χ1v) is 19.4. The molecular weight excluding hydrogens is 812 g/mol. The summed E-state index contributed by atoms with van der Waals surface area (Å²) in [5.41, 5.74) is 5.64. The van der Waals surface area contributed by atoms with E-state index in [-0.39, 0.29) is 46.8 Å². The molecule has 1 aliphatic heterocycles. The number of halogens is 1. The quantitative estimate of drug-likeness (QED) is 0.0391. The summed E-state index contributed by atoms with van der Waals surface area (Å²) in [6.07, 6.45) is 6.92. The maximum Gasteiger partial charge on any atom is 0.362 e. The maximum atomic E-state index is 13.5. The van der Waals surface area contributed by atoms with E-state index in [1.165, 1.54) is 19.5 Å². The van der Waals surface area contributed by atoms with E-state index in [9.17, 15) is 19.6 Å². The van der Waals surface area contributed by atoms with Crippen LogP contribution in [0.2, 0.25) is 0 Å². The van der Waals surface area contributed by atoms with Crippen molar-refractivity contribution in [2.75, 3.05) is 54.1 Å². The number of carbonyl (C=O) groups excluding carboxylic acids is 3. The van der Waals surface area contributed by atoms with Crippen molar-refractivity contribution >= 4 is 28.7 Å². The van der Waals surface area contributed by atoms with Crippen LogP contribution in [0.15, 0.2) is 67.0 Å². The number of hydroxylamine groups is 1. The molecule has 0 aliphatic carbocycles. The number of hydrogen-bond donors (Lipinski definition) is 1. The highest BCUT2D eigenvalue weighted by molar-refractivity contribution is 6.09. The second-order valence-corrected chi connectivity index (χ2v) is 15.7. The van der Waals surface area contributed by atoms with E-state index in [1.54, 1.807) is 6.07 Å². The molecule has 1 N–H and O–H groups in total. The van der Waals surface area contributed by atoms with Gasteiger partial charge in [0.2, 0.25) is 0 Å². The Morgan fingerprint density at radius 1 is 0.931 bits per heavy atom. The molecule has 3 heterocycles. The summed E-state index contributed by atoms with van der Waals surface area (Å²) in [6.45, 7) is 7.80. The number of benzene rings is 2. The number of esters is 2. The summed E-state index contributed by atoms with van der Waals surface area (Å²) in [6, 6.07) is 17.1. The molecule has 1 saturated heterocycles. The molecule has 2 aromatic carbocycles. The third-order valence-corrected chi connectivity index (χ3v) is 9.25. The van der Waals surface area contributed by atoms with Crippen LogP contribution in [-0.4, -0.2) is 93.3 Å². The molecule has 0 saturated carbocycles. The van der Waals surface area contributed by atoms with Crippen LogP contribution in [0.3, 0.4) is 0 Å². The molecule has 1 aliphatic rings. The summed E-state index contributed by atoms with van der Waals surface area (Å²) in [4.78, 5) is 48.3. The molecule has 0 spiro atoms. The minimum atomic E-state index is -0.580. The van der Waals surface area contributed by atoms with Crippen LogP contribution in [0.1, 0.15) is 76.1 Å². The van der Waals surface area contributed by atoms with Crippen LogP contribution in [0.4, 0.5) is 0 Å². The van der Waals surface area contributed by atoms with Gasteiger partial charge in [0.15, 0.2) is 31.0 Å². The van der Waals surface area contributed by atoms with Crippen molar-refractivity contribution in [3.8, 4) is 33.9 Å². The summed E-state index contributed by atoms with van der Waals surface area (Å²) >= 11 is 0. The molecule has 1 fully saturated rings. The lowest BCUT2D eigenvalue weighted by molar-refractivity contribution is -0.883. The van der Waals surface area contributed by atoms with E-state index in [0.717, 1.165) is 36.1 Å². The number of nitrogens with zero attached hydrogens (tertiary/aromatic N) is 3. The second kappa shape index (κ2) is 21.3. The summed E-state index contributed by atoms with van der Waals surface area (Å²) < 4.78 is 29.1. The van der Waals surface area contributed by atoms with Gasteiger partial charge in [-0.15, -0.1) is 0 Å². The zero-order valence-corrected chi connectivity index (χ0v) is 35.8. The van der Waals surface area contributed by atoms with Gasteiger partial charge in [-0.25, -0.2) is 20.1 Å². The fraction of sp³-hybridized carbons (Fsp3) is 0.465. The molecule has 1 atom stereocenters. The number of fused-ring (bicyclic) bond motifs is 1. The Morgan fingerprint density at radius 3 is 2.26 bits per heavy atom. The van der Waals surface area contributed by atoms with E-state index in [2.05, 4.69) is 5.48 Å². The van der Waals surface area contributed by atoms with Gasteiger partial charge in [0.1, 0.15) is 22.6 Å². The minimum absolute atomic E-state index is 0. The number of pyridine rings is 2. The van der Waals surface area contributed by atoms with Gasteiger partial charge in [-0.05, 0) is 69.7 Å². The summed E-state index contributed by atoms with van der Waals surface area (Å²) in [5.74, 6) is -0.141. The predicted molar refractivity (Wildman–Crippen MR) is 213 cm³/mol. The highest BCUT2D eigenvalue weighted by atomic mass is 79.9. The Morgan fingerprint density at radius 2 is 1.60 bits per heavy atom. The lowest BCUT2D eigenvalue weighted by atomic mass is 10.00. The zero-order chi connectivity index (χ0) is 41.0. The van der Waals surface area contributed by atoms with Crippen molar-refractivity contribution < 1.29 is 69.1 Å². The highest BCUT2D eigenvalue weighted by Crippen LogP contribution is 2.37. The smallest absolute Gasteiger partial charge is 0.362 e. The molecule has 58 heavy (non-hydrogen) atoms. The predicted octanol–water partition coefficient (Wildman–Crippen LogP) is 3.30. The molecule has 1 amide bonds. The fourth-order valence-electron chi connectivity index (χ4n) is 6.44. The number of rotatable bonds is 18. The molecule has 14 nitrogen and oxygen atoms in total. The number of hydrogen-bond acceptors (Lipinski definition) is 11. The molecule has 2 aromatic heterocycles. The first-order valence-electron chi connectivity index (χ1n) is 19.4. The average Bonchev–Trinajstić information content (AvgIpc) is 3.17. The van der Waals surface area contributed by atoms with Crippen LogP contribution >= 0.6 is 0 Å². The largest absolute Gasteiger partial charge is 1.00 e. The Hall–Kier alpha value is -4.83. The van der Waals surface area contributed by atoms with Gasteiger partial charge in [0.25, 0.3) is 5.91 Å². The standard InChI is InChI=1S/C43H54N4O10.BrH/c1-43(2,3)56-37(49)29-47(4,5)24-11-12-36(48)54-26-10-9-25-53-33-20-18-31(19-21-33)30-14-16-32(17-15-30)40-41(52-6)39(34-28-46(51)23-22-35(34)44-40)42(50)45-57-38-13-7-8-27-55-38;/h14-23,28,38H,7-13,24-27,29H2,1-6H3;1H. The van der Waals surface area contributed by atoms with E-state index >= 15 is 0 Å². The van der Waals surface area contributed by atoms with Gasteiger partial charge in [-0.2, -0.15) is 4.73 Å². The van der Waals surface area contributed by atoms with E-state index < -0.39 is 17.8 Å². The SMILES string of the molecule is COc1c(-c2ccc(-c3ccc(OCCCCOC(=O)CCC[N+](C)(C)CC(=O)OC(C)(C)C)cc3)cc2)nc2cc[n+]([O-])cc2c1C(=O)NOC1CCCCO1.[Br-]. The molecule has 5 rings (SSSR count). The Kier molecular flexibility index (Phi) is 16.8. The summed E-state index contributed by atoms with van der Waals surface area (Å²) in [5, 5.41) is 12.6. The number of ether oxygens (including phenoxy) is 5. The normalized spacial score (nSPS) is 14.3. The Bertz CT molecular complexity index is 1980. The third-order valence-electron chi connectivity index (χ3n) is 9.25. The molecule has 0 radical (unpaired) electrons. The van der Waals surface area contributed by atoms with Crippen molar-refractivity contribution in [3.05, 3.63) is 77.8 Å². The van der Waals surface area contributed by atoms with Gasteiger partial charge in [-0.3, -0.25) is 9.59 Å². The van der Waals surface area contributed by atoms with Gasteiger partial charge in [0.05, 0.1) is 58.3 Å². The lowest BCUT2D eigenvalue weighted by Gasteiger charge is -2.30. The van der Waals surface area contributed by atoms with Crippen molar-refractivity contribution in [1.29, 1.82) is 0 Å². The van der Waals surface area contributed by atoms with Gasteiger partial charge in [0, 0.05) is 31.1 Å². The van der Waals surface area contributed by atoms with Crippen molar-refractivity contribution in [2.24, 2.45) is 0 Å². The van der Waals surface area contributed by atoms with Crippen molar-refractivity contribution in [2.45, 2.75) is 77.6 Å². The van der Waals surface area contributed by atoms with E-state index in [0.29, 0.717) is 83.4 Å². The zero-order valence-electron chi connectivity index (χ0n) is 34.2. The van der Waals surface area contributed by atoms with Gasteiger partial charge < -0.3 is 50.4 Å². The van der Waals surface area contributed by atoms with Crippen LogP contribution < -0.4 is 36.7 Å². The van der Waals surface area contributed by atoms with Crippen LogP contribution in [-0.2, 0) is 28.6 Å². The highest BCUT2D eigenvalue weighted by Gasteiger charge is 2.27. The average molecular weight is 868 g/mol. The Balaban J connectivity index is 0.00000744. The third kappa shape index (κ3) is 13.6. The van der Waals surface area contributed by atoms with Crippen molar-refractivity contribution in [1.82, 2.24) is 10.5 Å². The number of likely N-dealkylation sites (N-methyl/N-ethyl adjacent to an activating group) is 1. The number of quaternary nitrogens is 1. The first-order chi connectivity index (χ1) is 27.2. The fourth-order valence-corrected chi connectivity index (χ4v) is 6.44. The molecule has 15 heteroatoms. The molecule has 314 valence electrons. The Labute approximate surface area is 350 Å². The number of nitrogens with one attached hydrogen (secondary N) is 1. The van der Waals surface area contributed by atoms with Crippen LogP contribution in [0.25, 0.3) is 33.3 Å². The monoisotopic (exact) mass is 866 g/mol. The van der Waals surface area contributed by atoms with Crippen LogP contribution in [0.5, 0.6) is 11.5 Å². The van der Waals surface area contributed by atoms with Gasteiger partial charge >= 0.3 is 11.9 Å². The van der Waals surface area contributed by atoms with Crippen molar-refractivity contribution in [3.63, 3.8) is 0 Å². The maximum absolute atomic E-state index is 13.5. The lowest BCUT2D eigenvalue weighted by Crippen LogP contribution is -3.00. The molecule has 0 bridgehead atoms. The molecular formula is C43H55BrN4O10. The number of methoxy groups -OCH3 is 1. The van der Waals surface area contributed by atoms with Crippen LogP contribution in [0, 0.1) is 5.21 Å². The number of carbonyl (C=O) groups is 3. The van der Waals surface area contributed by atoms with E-state index in [1.807, 2.05) is 83.4 Å². The molecule has 4 aromatic rings. The molecule has 1 unspecified atom stereocenters. The topological polar surface area (TPSA) is 158 Å². The first kappa shape index (κ1) is 45.9. The van der Waals surface area contributed by atoms with E-state index in [4.69, 9.17) is 33.5 Å². The number of aromatic nitrogens is 2. The number of unbranched alkanes of at least 4 members (excludes halogenated alkanes) is 1. The van der Waals surface area contributed by atoms with Gasteiger partial charge in [-0.1, -0.05) is 36.4 Å².